The van der Waals surface area contributed by atoms with Crippen molar-refractivity contribution in [2.24, 2.45) is 17.8 Å². The van der Waals surface area contributed by atoms with Crippen LogP contribution in [0.15, 0.2) is 0 Å². The van der Waals surface area contributed by atoms with Crippen LogP contribution in [0, 0.1) is 17.8 Å². The highest BCUT2D eigenvalue weighted by molar-refractivity contribution is 4.82. The molecule has 3 atom stereocenters. The highest BCUT2D eigenvalue weighted by atomic mass is 15.1. The second kappa shape index (κ2) is 6.91. The van der Waals surface area contributed by atoms with Crippen LogP contribution >= 0.6 is 0 Å². The number of rotatable bonds is 4. The zero-order valence-corrected chi connectivity index (χ0v) is 12.6. The first-order chi connectivity index (χ1) is 8.66. The molecule has 2 nitrogen and oxygen atoms in total. The van der Waals surface area contributed by atoms with Crippen LogP contribution in [-0.4, -0.2) is 37.6 Å². The first kappa shape index (κ1) is 14.3. The first-order valence-corrected chi connectivity index (χ1v) is 8.08. The molecule has 0 radical (unpaired) electrons. The van der Waals surface area contributed by atoms with E-state index in [9.17, 15) is 0 Å². The predicted molar refractivity (Wildman–Crippen MR) is 78.8 cm³/mol. The fourth-order valence-electron chi connectivity index (χ4n) is 3.69. The van der Waals surface area contributed by atoms with Crippen molar-refractivity contribution < 1.29 is 0 Å². The molecule has 1 heterocycles. The summed E-state index contributed by atoms with van der Waals surface area (Å²) in [6.45, 7) is 8.73. The van der Waals surface area contributed by atoms with E-state index in [1.165, 1.54) is 58.2 Å². The molecule has 0 aromatic heterocycles. The Morgan fingerprint density at radius 2 is 1.78 bits per heavy atom. The monoisotopic (exact) mass is 252 g/mol. The van der Waals surface area contributed by atoms with Crippen molar-refractivity contribution in [1.29, 1.82) is 0 Å². The zero-order chi connectivity index (χ0) is 13.0. The molecule has 0 aromatic carbocycles. The lowest BCUT2D eigenvalue weighted by Gasteiger charge is -2.35. The number of hydrogen-bond acceptors (Lipinski definition) is 2. The molecule has 2 rings (SSSR count). The molecule has 1 saturated carbocycles. The van der Waals surface area contributed by atoms with E-state index in [-0.39, 0.29) is 0 Å². The molecule has 1 aliphatic carbocycles. The van der Waals surface area contributed by atoms with Gasteiger partial charge in [0.25, 0.3) is 0 Å². The summed E-state index contributed by atoms with van der Waals surface area (Å²) in [4.78, 5) is 2.47. The normalized spacial score (nSPS) is 35.8. The highest BCUT2D eigenvalue weighted by Crippen LogP contribution is 2.29. The summed E-state index contributed by atoms with van der Waals surface area (Å²) < 4.78 is 0. The van der Waals surface area contributed by atoms with Crippen LogP contribution in [-0.2, 0) is 0 Å². The fraction of sp³-hybridized carbons (Fsp3) is 1.00. The van der Waals surface area contributed by atoms with E-state index in [1.807, 2.05) is 0 Å². The molecule has 2 heteroatoms. The number of likely N-dealkylation sites (tertiary alicyclic amines) is 1. The average Bonchev–Trinajstić information content (AvgIpc) is 2.37. The molecule has 2 aliphatic rings. The van der Waals surface area contributed by atoms with Gasteiger partial charge in [-0.3, -0.25) is 0 Å². The number of hydrogen-bond donors (Lipinski definition) is 1. The maximum Gasteiger partial charge on any atom is 0.00952 e. The second-order valence-electron chi connectivity index (χ2n) is 6.86. The third-order valence-electron chi connectivity index (χ3n) is 5.50. The van der Waals surface area contributed by atoms with Gasteiger partial charge in [0.05, 0.1) is 0 Å². The Morgan fingerprint density at radius 3 is 2.50 bits per heavy atom. The SMILES string of the molecule is CC1CCCC(NCCC2CCN(C)CC2)C1C. The molecule has 0 amide bonds. The van der Waals surface area contributed by atoms with Gasteiger partial charge in [-0.05, 0) is 70.1 Å². The molecule has 0 bridgehead atoms. The summed E-state index contributed by atoms with van der Waals surface area (Å²) in [5.74, 6) is 2.76. The lowest BCUT2D eigenvalue weighted by Crippen LogP contribution is -2.41. The Bertz CT molecular complexity index is 233. The summed E-state index contributed by atoms with van der Waals surface area (Å²) in [5.41, 5.74) is 0. The molecular formula is C16H32N2. The molecule has 1 N–H and O–H groups in total. The summed E-state index contributed by atoms with van der Waals surface area (Å²) in [5, 5.41) is 3.85. The van der Waals surface area contributed by atoms with Crippen LogP contribution < -0.4 is 5.32 Å². The minimum Gasteiger partial charge on any atom is -0.314 e. The molecule has 106 valence electrons. The van der Waals surface area contributed by atoms with Gasteiger partial charge >= 0.3 is 0 Å². The van der Waals surface area contributed by atoms with Gasteiger partial charge in [-0.15, -0.1) is 0 Å². The third kappa shape index (κ3) is 3.96. The van der Waals surface area contributed by atoms with Crippen molar-refractivity contribution in [3.8, 4) is 0 Å². The molecule has 2 fully saturated rings. The average molecular weight is 252 g/mol. The zero-order valence-electron chi connectivity index (χ0n) is 12.6. The molecule has 0 aromatic rings. The number of nitrogens with zero attached hydrogens (tertiary/aromatic N) is 1. The Balaban J connectivity index is 1.62. The Morgan fingerprint density at radius 1 is 1.06 bits per heavy atom. The van der Waals surface area contributed by atoms with Gasteiger partial charge in [-0.25, -0.2) is 0 Å². The van der Waals surface area contributed by atoms with Crippen molar-refractivity contribution in [2.75, 3.05) is 26.7 Å². The van der Waals surface area contributed by atoms with Crippen molar-refractivity contribution in [2.45, 2.75) is 58.4 Å². The van der Waals surface area contributed by atoms with Gasteiger partial charge in [-0.1, -0.05) is 26.7 Å². The number of piperidine rings is 1. The van der Waals surface area contributed by atoms with E-state index >= 15 is 0 Å². The molecule has 0 spiro atoms. The Hall–Kier alpha value is -0.0800. The standard InChI is InChI=1S/C16H32N2/c1-13-5-4-6-16(14(13)2)17-10-7-15-8-11-18(3)12-9-15/h13-17H,4-12H2,1-3H3. The quantitative estimate of drug-likeness (QED) is 0.827. The Labute approximate surface area is 114 Å². The van der Waals surface area contributed by atoms with Crippen LogP contribution in [0.4, 0.5) is 0 Å². The van der Waals surface area contributed by atoms with Gasteiger partial charge in [0.15, 0.2) is 0 Å². The molecule has 1 aliphatic heterocycles. The van der Waals surface area contributed by atoms with E-state index in [1.54, 1.807) is 0 Å². The van der Waals surface area contributed by atoms with E-state index in [4.69, 9.17) is 0 Å². The minimum absolute atomic E-state index is 0.792. The molecule has 1 saturated heterocycles. The lowest BCUT2D eigenvalue weighted by molar-refractivity contribution is 0.189. The second-order valence-corrected chi connectivity index (χ2v) is 6.86. The van der Waals surface area contributed by atoms with Crippen LogP contribution in [0.1, 0.15) is 52.4 Å². The summed E-state index contributed by atoms with van der Waals surface area (Å²) in [6, 6.07) is 0.792. The summed E-state index contributed by atoms with van der Waals surface area (Å²) in [7, 11) is 2.25. The van der Waals surface area contributed by atoms with Crippen LogP contribution in [0.5, 0.6) is 0 Å². The van der Waals surface area contributed by atoms with Crippen molar-refractivity contribution in [3.05, 3.63) is 0 Å². The van der Waals surface area contributed by atoms with Gasteiger partial charge in [0, 0.05) is 6.04 Å². The van der Waals surface area contributed by atoms with Gasteiger partial charge in [0.1, 0.15) is 0 Å². The van der Waals surface area contributed by atoms with Crippen molar-refractivity contribution >= 4 is 0 Å². The van der Waals surface area contributed by atoms with Crippen molar-refractivity contribution in [3.63, 3.8) is 0 Å². The highest BCUT2D eigenvalue weighted by Gasteiger charge is 2.26. The smallest absolute Gasteiger partial charge is 0.00952 e. The maximum atomic E-state index is 3.85. The van der Waals surface area contributed by atoms with Crippen LogP contribution in [0.3, 0.4) is 0 Å². The van der Waals surface area contributed by atoms with E-state index < -0.39 is 0 Å². The first-order valence-electron chi connectivity index (χ1n) is 8.08. The maximum absolute atomic E-state index is 3.85. The van der Waals surface area contributed by atoms with Gasteiger partial charge in [-0.2, -0.15) is 0 Å². The minimum atomic E-state index is 0.792. The predicted octanol–water partition coefficient (Wildman–Crippen LogP) is 3.13. The van der Waals surface area contributed by atoms with E-state index in [0.29, 0.717) is 0 Å². The summed E-state index contributed by atoms with van der Waals surface area (Å²) in [6.07, 6.45) is 8.49. The van der Waals surface area contributed by atoms with Crippen LogP contribution in [0.2, 0.25) is 0 Å². The molecular weight excluding hydrogens is 220 g/mol. The topological polar surface area (TPSA) is 15.3 Å². The fourth-order valence-corrected chi connectivity index (χ4v) is 3.69. The third-order valence-corrected chi connectivity index (χ3v) is 5.50. The van der Waals surface area contributed by atoms with Gasteiger partial charge < -0.3 is 10.2 Å². The van der Waals surface area contributed by atoms with E-state index in [2.05, 4.69) is 31.1 Å². The van der Waals surface area contributed by atoms with Crippen LogP contribution in [0.25, 0.3) is 0 Å². The largest absolute Gasteiger partial charge is 0.314 e. The molecule has 18 heavy (non-hydrogen) atoms. The van der Waals surface area contributed by atoms with Crippen molar-refractivity contribution in [1.82, 2.24) is 10.2 Å². The van der Waals surface area contributed by atoms with Gasteiger partial charge in [0.2, 0.25) is 0 Å². The molecule has 3 unspecified atom stereocenters. The Kier molecular flexibility index (Phi) is 5.50. The number of nitrogens with one attached hydrogen (secondary N) is 1. The lowest BCUT2D eigenvalue weighted by atomic mass is 9.78. The van der Waals surface area contributed by atoms with E-state index in [0.717, 1.165) is 23.8 Å². The summed E-state index contributed by atoms with van der Waals surface area (Å²) >= 11 is 0.